The Labute approximate surface area is 190 Å². The minimum atomic E-state index is 0.159. The van der Waals surface area contributed by atoms with Crippen LogP contribution in [-0.4, -0.2) is 87.6 Å². The molecular formula is C24H33ClN4O2. The van der Waals surface area contributed by atoms with E-state index in [1.165, 1.54) is 0 Å². The van der Waals surface area contributed by atoms with Crippen molar-refractivity contribution >= 4 is 23.2 Å². The van der Waals surface area contributed by atoms with Crippen LogP contribution < -0.4 is 9.64 Å². The summed E-state index contributed by atoms with van der Waals surface area (Å²) in [6.07, 6.45) is 0. The van der Waals surface area contributed by atoms with E-state index in [1.54, 1.807) is 0 Å². The molecule has 1 fully saturated rings. The van der Waals surface area contributed by atoms with Crippen LogP contribution in [0.2, 0.25) is 5.02 Å². The second kappa shape index (κ2) is 11.4. The first kappa shape index (κ1) is 23.4. The van der Waals surface area contributed by atoms with Gasteiger partial charge in [-0.2, -0.15) is 0 Å². The Kier molecular flexibility index (Phi) is 8.58. The molecule has 0 N–H and O–H groups in total. The zero-order valence-electron chi connectivity index (χ0n) is 18.8. The first-order valence-electron chi connectivity index (χ1n) is 10.7. The van der Waals surface area contributed by atoms with Crippen LogP contribution in [0.25, 0.3) is 0 Å². The lowest BCUT2D eigenvalue weighted by molar-refractivity contribution is -0.132. The van der Waals surface area contributed by atoms with Gasteiger partial charge >= 0.3 is 0 Å². The molecular weight excluding hydrogens is 412 g/mol. The molecule has 2 aromatic carbocycles. The fraction of sp³-hybridized carbons (Fsp3) is 0.458. The maximum atomic E-state index is 12.7. The molecule has 0 spiro atoms. The van der Waals surface area contributed by atoms with Gasteiger partial charge in [0, 0.05) is 66.1 Å². The average molecular weight is 445 g/mol. The van der Waals surface area contributed by atoms with Crippen LogP contribution in [0, 0.1) is 0 Å². The van der Waals surface area contributed by atoms with E-state index < -0.39 is 0 Å². The number of carbonyl (C=O) groups is 1. The molecule has 0 unspecified atom stereocenters. The summed E-state index contributed by atoms with van der Waals surface area (Å²) >= 11 is 6.13. The van der Waals surface area contributed by atoms with E-state index in [-0.39, 0.29) is 5.91 Å². The first-order chi connectivity index (χ1) is 14.9. The van der Waals surface area contributed by atoms with Crippen LogP contribution in [-0.2, 0) is 11.3 Å². The highest BCUT2D eigenvalue weighted by molar-refractivity contribution is 6.32. The molecule has 1 aliphatic rings. The number of anilines is 1. The number of amides is 1. The van der Waals surface area contributed by atoms with E-state index >= 15 is 0 Å². The monoisotopic (exact) mass is 444 g/mol. The van der Waals surface area contributed by atoms with Crippen molar-refractivity contribution in [2.24, 2.45) is 0 Å². The number of carbonyl (C=O) groups excluding carboxylic acids is 1. The summed E-state index contributed by atoms with van der Waals surface area (Å²) in [6.45, 7) is 6.23. The van der Waals surface area contributed by atoms with E-state index in [0.29, 0.717) is 24.7 Å². The van der Waals surface area contributed by atoms with Gasteiger partial charge in [-0.25, -0.2) is 0 Å². The number of para-hydroxylation sites is 1. The van der Waals surface area contributed by atoms with E-state index in [1.807, 2.05) is 50.3 Å². The third kappa shape index (κ3) is 7.13. The van der Waals surface area contributed by atoms with Gasteiger partial charge in [-0.1, -0.05) is 35.9 Å². The number of rotatable bonds is 9. The third-order valence-electron chi connectivity index (χ3n) is 5.62. The van der Waals surface area contributed by atoms with Crippen molar-refractivity contribution in [3.05, 3.63) is 59.1 Å². The lowest BCUT2D eigenvalue weighted by Crippen LogP contribution is -2.50. The SMILES string of the molecule is CN(Cc1ccc(N(C)C)cc1)C(=O)CN1CCN(CCOc2ccccc2Cl)CC1. The molecule has 1 amide bonds. The van der Waals surface area contributed by atoms with Gasteiger partial charge in [0.15, 0.2) is 0 Å². The highest BCUT2D eigenvalue weighted by atomic mass is 35.5. The minimum absolute atomic E-state index is 0.159. The molecule has 1 heterocycles. The Morgan fingerprint density at radius 2 is 1.61 bits per heavy atom. The Balaban J connectivity index is 1.35. The summed E-state index contributed by atoms with van der Waals surface area (Å²) in [4.78, 5) is 21.2. The minimum Gasteiger partial charge on any atom is -0.491 e. The van der Waals surface area contributed by atoms with Gasteiger partial charge in [-0.15, -0.1) is 0 Å². The number of halogens is 1. The molecule has 1 aliphatic heterocycles. The maximum Gasteiger partial charge on any atom is 0.236 e. The van der Waals surface area contributed by atoms with Gasteiger partial charge < -0.3 is 14.5 Å². The zero-order chi connectivity index (χ0) is 22.2. The molecule has 0 radical (unpaired) electrons. The number of benzene rings is 2. The Morgan fingerprint density at radius 3 is 2.26 bits per heavy atom. The van der Waals surface area contributed by atoms with Gasteiger partial charge in [-0.05, 0) is 29.8 Å². The molecule has 0 aromatic heterocycles. The highest BCUT2D eigenvalue weighted by Gasteiger charge is 2.20. The largest absolute Gasteiger partial charge is 0.491 e. The van der Waals surface area contributed by atoms with Crippen molar-refractivity contribution in [1.29, 1.82) is 0 Å². The zero-order valence-corrected chi connectivity index (χ0v) is 19.5. The Hall–Kier alpha value is -2.28. The summed E-state index contributed by atoms with van der Waals surface area (Å²) in [5.41, 5.74) is 2.30. The standard InChI is InChI=1S/C24H33ClN4O2/c1-26(2)21-10-8-20(9-11-21)18-27(3)24(30)19-29-14-12-28(13-15-29)16-17-31-23-7-5-4-6-22(23)25/h4-11H,12-19H2,1-3H3. The van der Waals surface area contributed by atoms with E-state index in [9.17, 15) is 4.79 Å². The second-order valence-corrected chi connectivity index (χ2v) is 8.61. The van der Waals surface area contributed by atoms with Gasteiger partial charge in [0.05, 0.1) is 11.6 Å². The van der Waals surface area contributed by atoms with Crippen LogP contribution in [0.4, 0.5) is 5.69 Å². The predicted octanol–water partition coefficient (Wildman–Crippen LogP) is 3.06. The van der Waals surface area contributed by atoms with Crippen molar-refractivity contribution in [3.63, 3.8) is 0 Å². The van der Waals surface area contributed by atoms with Crippen LogP contribution in [0.3, 0.4) is 0 Å². The fourth-order valence-electron chi connectivity index (χ4n) is 3.59. The highest BCUT2D eigenvalue weighted by Crippen LogP contribution is 2.23. The molecule has 3 rings (SSSR count). The molecule has 0 atom stereocenters. The lowest BCUT2D eigenvalue weighted by atomic mass is 10.2. The van der Waals surface area contributed by atoms with Crippen LogP contribution in [0.15, 0.2) is 48.5 Å². The van der Waals surface area contributed by atoms with Crippen LogP contribution >= 0.6 is 11.6 Å². The van der Waals surface area contributed by atoms with E-state index in [0.717, 1.165) is 49.7 Å². The molecule has 1 saturated heterocycles. The second-order valence-electron chi connectivity index (χ2n) is 8.21. The van der Waals surface area contributed by atoms with Gasteiger partial charge in [0.25, 0.3) is 0 Å². The first-order valence-corrected chi connectivity index (χ1v) is 11.1. The van der Waals surface area contributed by atoms with Gasteiger partial charge in [-0.3, -0.25) is 14.6 Å². The number of hydrogen-bond donors (Lipinski definition) is 0. The number of likely N-dealkylation sites (N-methyl/N-ethyl adjacent to an activating group) is 1. The molecule has 6 nitrogen and oxygen atoms in total. The number of hydrogen-bond acceptors (Lipinski definition) is 5. The molecule has 0 saturated carbocycles. The summed E-state index contributed by atoms with van der Waals surface area (Å²) in [6, 6.07) is 15.9. The topological polar surface area (TPSA) is 39.3 Å². The van der Waals surface area contributed by atoms with Crippen LogP contribution in [0.1, 0.15) is 5.56 Å². The summed E-state index contributed by atoms with van der Waals surface area (Å²) < 4.78 is 5.79. The predicted molar refractivity (Wildman–Crippen MR) is 127 cm³/mol. The summed E-state index contributed by atoms with van der Waals surface area (Å²) in [5, 5.41) is 0.642. The summed E-state index contributed by atoms with van der Waals surface area (Å²) in [5.74, 6) is 0.889. The maximum absolute atomic E-state index is 12.7. The van der Waals surface area contributed by atoms with E-state index in [2.05, 4.69) is 39.0 Å². The average Bonchev–Trinajstić information content (AvgIpc) is 2.76. The molecule has 0 aliphatic carbocycles. The lowest BCUT2D eigenvalue weighted by Gasteiger charge is -2.34. The smallest absolute Gasteiger partial charge is 0.236 e. The molecule has 7 heteroatoms. The molecule has 31 heavy (non-hydrogen) atoms. The summed E-state index contributed by atoms with van der Waals surface area (Å²) in [7, 11) is 5.93. The van der Waals surface area contributed by atoms with Crippen molar-refractivity contribution in [1.82, 2.24) is 14.7 Å². The molecule has 0 bridgehead atoms. The van der Waals surface area contributed by atoms with Gasteiger partial charge in [0.1, 0.15) is 12.4 Å². The van der Waals surface area contributed by atoms with Crippen LogP contribution in [0.5, 0.6) is 5.75 Å². The molecule has 168 valence electrons. The third-order valence-corrected chi connectivity index (χ3v) is 5.94. The number of ether oxygens (including phenoxy) is 1. The van der Waals surface area contributed by atoms with Crippen molar-refractivity contribution < 1.29 is 9.53 Å². The number of nitrogens with zero attached hydrogens (tertiary/aromatic N) is 4. The normalized spacial score (nSPS) is 15.0. The van der Waals surface area contributed by atoms with Gasteiger partial charge in [0.2, 0.25) is 5.91 Å². The van der Waals surface area contributed by atoms with Crippen molar-refractivity contribution in [2.75, 3.05) is 71.9 Å². The fourth-order valence-corrected chi connectivity index (χ4v) is 3.78. The Bertz CT molecular complexity index is 836. The van der Waals surface area contributed by atoms with E-state index in [4.69, 9.17) is 16.3 Å². The quantitative estimate of drug-likeness (QED) is 0.594. The Morgan fingerprint density at radius 1 is 0.968 bits per heavy atom. The number of piperazine rings is 1. The van der Waals surface area contributed by atoms with Crippen molar-refractivity contribution in [2.45, 2.75) is 6.54 Å². The van der Waals surface area contributed by atoms with Crippen molar-refractivity contribution in [3.8, 4) is 5.75 Å². The molecule has 2 aromatic rings.